The number of hydrogen-bond donors (Lipinski definition) is 2. The zero-order chi connectivity index (χ0) is 15.4. The van der Waals surface area contributed by atoms with Crippen LogP contribution in [0, 0.1) is 0 Å². The van der Waals surface area contributed by atoms with Gasteiger partial charge in [-0.15, -0.1) is 0 Å². The molecule has 0 aliphatic rings. The number of ether oxygens (including phenoxy) is 1. The number of pyridine rings is 1. The Morgan fingerprint density at radius 1 is 1.33 bits per heavy atom. The first-order valence-electron chi connectivity index (χ1n) is 5.92. The molecule has 1 heterocycles. The van der Waals surface area contributed by atoms with Crippen LogP contribution in [0.1, 0.15) is 20.8 Å². The van der Waals surface area contributed by atoms with Crippen LogP contribution < -0.4 is 15.8 Å². The van der Waals surface area contributed by atoms with Crippen LogP contribution in [0.25, 0.3) is 0 Å². The summed E-state index contributed by atoms with van der Waals surface area (Å²) in [6, 6.07) is 7.95. The monoisotopic (exact) mass is 349 g/mol. The minimum absolute atomic E-state index is 0.226. The van der Waals surface area contributed by atoms with Crippen LogP contribution >= 0.6 is 15.9 Å². The van der Waals surface area contributed by atoms with Gasteiger partial charge in [-0.1, -0.05) is 0 Å². The lowest BCUT2D eigenvalue weighted by Crippen LogP contribution is -2.16. The molecule has 1 aromatic heterocycles. The van der Waals surface area contributed by atoms with Crippen molar-refractivity contribution in [1.29, 1.82) is 0 Å². The summed E-state index contributed by atoms with van der Waals surface area (Å²) >= 11 is 3.25. The molecular formula is C14H12BrN3O3. The van der Waals surface area contributed by atoms with Crippen molar-refractivity contribution in [2.24, 2.45) is 5.73 Å². The van der Waals surface area contributed by atoms with E-state index in [0.717, 1.165) is 0 Å². The molecule has 7 heteroatoms. The third-order valence-electron chi connectivity index (χ3n) is 2.71. The number of anilines is 1. The summed E-state index contributed by atoms with van der Waals surface area (Å²) in [6.45, 7) is 0. The van der Waals surface area contributed by atoms with Crippen molar-refractivity contribution in [1.82, 2.24) is 4.98 Å². The first-order valence-corrected chi connectivity index (χ1v) is 6.72. The fraction of sp³-hybridized carbons (Fsp3) is 0.0714. The predicted octanol–water partition coefficient (Wildman–Crippen LogP) is 2.20. The van der Waals surface area contributed by atoms with Crippen molar-refractivity contribution >= 4 is 33.4 Å². The molecule has 0 atom stereocenters. The molecule has 2 amide bonds. The van der Waals surface area contributed by atoms with Gasteiger partial charge in [-0.25, -0.2) is 4.98 Å². The molecule has 0 saturated carbocycles. The summed E-state index contributed by atoms with van der Waals surface area (Å²) in [5, 5.41) is 2.65. The van der Waals surface area contributed by atoms with E-state index in [4.69, 9.17) is 10.5 Å². The number of aromatic nitrogens is 1. The van der Waals surface area contributed by atoms with Crippen molar-refractivity contribution in [2.75, 3.05) is 12.4 Å². The summed E-state index contributed by atoms with van der Waals surface area (Å²) in [5.41, 5.74) is 6.07. The quantitative estimate of drug-likeness (QED) is 0.884. The van der Waals surface area contributed by atoms with E-state index in [9.17, 15) is 9.59 Å². The van der Waals surface area contributed by atoms with E-state index in [-0.39, 0.29) is 11.3 Å². The van der Waals surface area contributed by atoms with E-state index in [0.29, 0.717) is 15.9 Å². The maximum atomic E-state index is 12.2. The lowest BCUT2D eigenvalue weighted by atomic mass is 10.1. The van der Waals surface area contributed by atoms with E-state index in [1.807, 2.05) is 0 Å². The van der Waals surface area contributed by atoms with Crippen LogP contribution in [0.3, 0.4) is 0 Å². The zero-order valence-electron chi connectivity index (χ0n) is 11.1. The fourth-order valence-electron chi connectivity index (χ4n) is 1.69. The number of nitrogens with one attached hydrogen (secondary N) is 1. The van der Waals surface area contributed by atoms with Crippen molar-refractivity contribution in [3.05, 3.63) is 52.3 Å². The number of benzene rings is 1. The van der Waals surface area contributed by atoms with E-state index in [2.05, 4.69) is 26.2 Å². The summed E-state index contributed by atoms with van der Waals surface area (Å²) in [4.78, 5) is 27.4. The van der Waals surface area contributed by atoms with Gasteiger partial charge in [-0.2, -0.15) is 0 Å². The third-order valence-corrected chi connectivity index (χ3v) is 3.35. The number of halogens is 1. The molecule has 3 N–H and O–H groups in total. The highest BCUT2D eigenvalue weighted by atomic mass is 79.9. The molecule has 108 valence electrons. The van der Waals surface area contributed by atoms with Gasteiger partial charge in [0.2, 0.25) is 5.91 Å². The van der Waals surface area contributed by atoms with Crippen LogP contribution in [0.5, 0.6) is 5.75 Å². The van der Waals surface area contributed by atoms with Gasteiger partial charge in [0.1, 0.15) is 11.4 Å². The standard InChI is InChI=1S/C14H12BrN3O3/c1-21-11-5-4-8(13(16)19)7-10(11)18-14(20)12-9(15)3-2-6-17-12/h2-7H,1H3,(H2,16,19)(H,18,20). The highest BCUT2D eigenvalue weighted by molar-refractivity contribution is 9.10. The molecule has 0 radical (unpaired) electrons. The Balaban J connectivity index is 2.34. The summed E-state index contributed by atoms with van der Waals surface area (Å²) in [7, 11) is 1.46. The number of methoxy groups -OCH3 is 1. The first-order chi connectivity index (χ1) is 10.0. The molecule has 0 unspecified atom stereocenters. The number of nitrogens with zero attached hydrogens (tertiary/aromatic N) is 1. The highest BCUT2D eigenvalue weighted by Crippen LogP contribution is 2.26. The molecule has 1 aromatic carbocycles. The summed E-state index contributed by atoms with van der Waals surface area (Å²) in [5.74, 6) is -0.602. The Hall–Kier alpha value is -2.41. The molecule has 2 aromatic rings. The Bertz CT molecular complexity index is 704. The van der Waals surface area contributed by atoms with E-state index in [1.165, 1.54) is 25.4 Å². The fourth-order valence-corrected chi connectivity index (χ4v) is 2.13. The summed E-state index contributed by atoms with van der Waals surface area (Å²) < 4.78 is 5.71. The molecule has 0 fully saturated rings. The largest absolute Gasteiger partial charge is 0.495 e. The molecule has 0 aliphatic carbocycles. The average Bonchev–Trinajstić information content (AvgIpc) is 2.47. The van der Waals surface area contributed by atoms with Gasteiger partial charge in [0.15, 0.2) is 0 Å². The minimum atomic E-state index is -0.591. The van der Waals surface area contributed by atoms with E-state index in [1.54, 1.807) is 18.2 Å². The smallest absolute Gasteiger partial charge is 0.275 e. The van der Waals surface area contributed by atoms with Gasteiger partial charge in [-0.05, 0) is 46.3 Å². The number of hydrogen-bond acceptors (Lipinski definition) is 4. The maximum Gasteiger partial charge on any atom is 0.275 e. The SMILES string of the molecule is COc1ccc(C(N)=O)cc1NC(=O)c1ncccc1Br. The van der Waals surface area contributed by atoms with E-state index >= 15 is 0 Å². The lowest BCUT2D eigenvalue weighted by Gasteiger charge is -2.11. The molecule has 21 heavy (non-hydrogen) atoms. The van der Waals surface area contributed by atoms with Crippen molar-refractivity contribution in [2.45, 2.75) is 0 Å². The second kappa shape index (κ2) is 6.36. The van der Waals surface area contributed by atoms with E-state index < -0.39 is 11.8 Å². The van der Waals surface area contributed by atoms with Gasteiger partial charge in [-0.3, -0.25) is 9.59 Å². The molecule has 0 saturated heterocycles. The highest BCUT2D eigenvalue weighted by Gasteiger charge is 2.15. The van der Waals surface area contributed by atoms with Crippen LogP contribution in [0.15, 0.2) is 41.0 Å². The molecule has 0 aliphatic heterocycles. The van der Waals surface area contributed by atoms with Crippen LogP contribution in [0.4, 0.5) is 5.69 Å². The molecular weight excluding hydrogens is 338 g/mol. The molecule has 0 bridgehead atoms. The maximum absolute atomic E-state index is 12.2. The Morgan fingerprint density at radius 3 is 2.71 bits per heavy atom. The number of rotatable bonds is 4. The molecule has 2 rings (SSSR count). The van der Waals surface area contributed by atoms with Gasteiger partial charge in [0.05, 0.1) is 12.8 Å². The molecule has 6 nitrogen and oxygen atoms in total. The van der Waals surface area contributed by atoms with Crippen molar-refractivity contribution in [3.8, 4) is 5.75 Å². The topological polar surface area (TPSA) is 94.3 Å². The number of nitrogens with two attached hydrogens (primary N) is 1. The normalized spacial score (nSPS) is 10.0. The lowest BCUT2D eigenvalue weighted by molar-refractivity contribution is 0.0995. The second-order valence-corrected chi connectivity index (χ2v) is 4.92. The predicted molar refractivity (Wildman–Crippen MR) is 81.4 cm³/mol. The Kier molecular flexibility index (Phi) is 4.54. The van der Waals surface area contributed by atoms with Crippen LogP contribution in [-0.2, 0) is 0 Å². The van der Waals surface area contributed by atoms with Gasteiger partial charge in [0.25, 0.3) is 5.91 Å². The van der Waals surface area contributed by atoms with Crippen LogP contribution in [0.2, 0.25) is 0 Å². The van der Waals surface area contributed by atoms with Crippen molar-refractivity contribution < 1.29 is 14.3 Å². The van der Waals surface area contributed by atoms with Crippen LogP contribution in [-0.4, -0.2) is 23.9 Å². The minimum Gasteiger partial charge on any atom is -0.495 e. The van der Waals surface area contributed by atoms with Gasteiger partial charge in [0, 0.05) is 16.2 Å². The first kappa shape index (κ1) is 15.0. The van der Waals surface area contributed by atoms with Gasteiger partial charge >= 0.3 is 0 Å². The third kappa shape index (κ3) is 3.38. The zero-order valence-corrected chi connectivity index (χ0v) is 12.7. The Labute approximate surface area is 129 Å². The van der Waals surface area contributed by atoms with Crippen molar-refractivity contribution in [3.63, 3.8) is 0 Å². The summed E-state index contributed by atoms with van der Waals surface area (Å²) in [6.07, 6.45) is 1.51. The number of primary amides is 1. The average molecular weight is 350 g/mol. The second-order valence-electron chi connectivity index (χ2n) is 4.07. The number of carbonyl (C=O) groups is 2. The Morgan fingerprint density at radius 2 is 2.10 bits per heavy atom. The molecule has 0 spiro atoms. The number of amides is 2. The van der Waals surface area contributed by atoms with Gasteiger partial charge < -0.3 is 15.8 Å². The number of carbonyl (C=O) groups excluding carboxylic acids is 2.